The Morgan fingerprint density at radius 1 is 1.50 bits per heavy atom. The minimum absolute atomic E-state index is 0.127. The number of methoxy groups -OCH3 is 1. The molecule has 100 valence electrons. The summed E-state index contributed by atoms with van der Waals surface area (Å²) in [6.45, 7) is 6.23. The summed E-state index contributed by atoms with van der Waals surface area (Å²) in [4.78, 5) is 2.38. The van der Waals surface area contributed by atoms with Crippen molar-refractivity contribution in [2.75, 3.05) is 25.1 Å². The molecule has 1 heterocycles. The Balaban J connectivity index is 2.28. The van der Waals surface area contributed by atoms with Crippen LogP contribution in [0.1, 0.15) is 20.3 Å². The van der Waals surface area contributed by atoms with Gasteiger partial charge in [-0.2, -0.15) is 0 Å². The molecule has 1 aromatic carbocycles. The number of hydrogen-bond acceptors (Lipinski definition) is 3. The molecule has 4 heteroatoms. The topological polar surface area (TPSA) is 38.5 Å². The lowest BCUT2D eigenvalue weighted by atomic mass is 9.96. The van der Waals surface area contributed by atoms with E-state index in [2.05, 4.69) is 24.8 Å². The van der Waals surface area contributed by atoms with Gasteiger partial charge in [-0.25, -0.2) is 0 Å². The third-order valence-corrected chi connectivity index (χ3v) is 4.04. The maximum atomic E-state index is 6.19. The molecule has 1 unspecified atom stereocenters. The largest absolute Gasteiger partial charge is 0.495 e. The van der Waals surface area contributed by atoms with Crippen molar-refractivity contribution in [3.63, 3.8) is 0 Å². The number of rotatable bonds is 3. The van der Waals surface area contributed by atoms with Crippen LogP contribution in [0.5, 0.6) is 5.75 Å². The molecule has 3 nitrogen and oxygen atoms in total. The summed E-state index contributed by atoms with van der Waals surface area (Å²) < 4.78 is 5.19. The van der Waals surface area contributed by atoms with Gasteiger partial charge in [0.2, 0.25) is 0 Å². The minimum Gasteiger partial charge on any atom is -0.495 e. The van der Waals surface area contributed by atoms with E-state index in [1.807, 2.05) is 12.1 Å². The van der Waals surface area contributed by atoms with E-state index < -0.39 is 0 Å². The number of halogens is 1. The third kappa shape index (κ3) is 2.43. The second-order valence-corrected chi connectivity index (χ2v) is 5.95. The Hall–Kier alpha value is -0.930. The van der Waals surface area contributed by atoms with Gasteiger partial charge in [-0.15, -0.1) is 0 Å². The summed E-state index contributed by atoms with van der Waals surface area (Å²) in [6.07, 6.45) is 1.12. The first-order chi connectivity index (χ1) is 8.47. The first-order valence-corrected chi connectivity index (χ1v) is 6.67. The SMILES string of the molecule is COc1ccc(N2CC(CN)CC2(C)C)cc1Cl. The molecule has 0 amide bonds. The highest BCUT2D eigenvalue weighted by molar-refractivity contribution is 6.32. The average molecular weight is 269 g/mol. The number of anilines is 1. The second-order valence-electron chi connectivity index (χ2n) is 5.55. The highest BCUT2D eigenvalue weighted by Gasteiger charge is 2.37. The summed E-state index contributed by atoms with van der Waals surface area (Å²) in [5.74, 6) is 1.27. The lowest BCUT2D eigenvalue weighted by molar-refractivity contribution is 0.415. The van der Waals surface area contributed by atoms with E-state index in [1.54, 1.807) is 7.11 Å². The second kappa shape index (κ2) is 4.98. The van der Waals surface area contributed by atoms with E-state index in [0.29, 0.717) is 16.7 Å². The van der Waals surface area contributed by atoms with Crippen LogP contribution in [-0.4, -0.2) is 25.7 Å². The molecule has 18 heavy (non-hydrogen) atoms. The average Bonchev–Trinajstić information content (AvgIpc) is 2.64. The number of nitrogens with two attached hydrogens (primary N) is 1. The van der Waals surface area contributed by atoms with Gasteiger partial charge in [-0.1, -0.05) is 11.6 Å². The van der Waals surface area contributed by atoms with Crippen LogP contribution in [0.15, 0.2) is 18.2 Å². The van der Waals surface area contributed by atoms with Crippen molar-refractivity contribution in [2.24, 2.45) is 11.7 Å². The van der Waals surface area contributed by atoms with Crippen molar-refractivity contribution >= 4 is 17.3 Å². The fourth-order valence-corrected chi connectivity index (χ4v) is 3.07. The van der Waals surface area contributed by atoms with Crippen LogP contribution in [0.3, 0.4) is 0 Å². The van der Waals surface area contributed by atoms with E-state index in [1.165, 1.54) is 0 Å². The number of benzene rings is 1. The van der Waals surface area contributed by atoms with Gasteiger partial charge in [0.05, 0.1) is 12.1 Å². The fourth-order valence-electron chi connectivity index (χ4n) is 2.82. The third-order valence-electron chi connectivity index (χ3n) is 3.74. The molecule has 2 rings (SSSR count). The highest BCUT2D eigenvalue weighted by Crippen LogP contribution is 2.38. The van der Waals surface area contributed by atoms with Crippen LogP contribution < -0.4 is 15.4 Å². The molecule has 0 aliphatic carbocycles. The van der Waals surface area contributed by atoms with E-state index in [4.69, 9.17) is 22.1 Å². The highest BCUT2D eigenvalue weighted by atomic mass is 35.5. The van der Waals surface area contributed by atoms with Crippen molar-refractivity contribution in [1.29, 1.82) is 0 Å². The normalized spacial score (nSPS) is 22.3. The van der Waals surface area contributed by atoms with Crippen LogP contribution in [0.2, 0.25) is 5.02 Å². The molecular weight excluding hydrogens is 248 g/mol. The fraction of sp³-hybridized carbons (Fsp3) is 0.571. The summed E-state index contributed by atoms with van der Waals surface area (Å²) in [5, 5.41) is 0.655. The molecule has 1 atom stereocenters. The van der Waals surface area contributed by atoms with Gasteiger partial charge in [0.1, 0.15) is 5.75 Å². The smallest absolute Gasteiger partial charge is 0.137 e. The summed E-state index contributed by atoms with van der Waals surface area (Å²) in [5.41, 5.74) is 7.07. The van der Waals surface area contributed by atoms with Gasteiger partial charge in [0.15, 0.2) is 0 Å². The van der Waals surface area contributed by atoms with Gasteiger partial charge in [0, 0.05) is 17.8 Å². The Morgan fingerprint density at radius 2 is 2.22 bits per heavy atom. The number of nitrogens with zero attached hydrogens (tertiary/aromatic N) is 1. The first-order valence-electron chi connectivity index (χ1n) is 6.29. The molecule has 1 saturated heterocycles. The van der Waals surface area contributed by atoms with E-state index in [0.717, 1.165) is 25.2 Å². The minimum atomic E-state index is 0.127. The molecular formula is C14H21ClN2O. The van der Waals surface area contributed by atoms with Gasteiger partial charge in [-0.05, 0) is 50.9 Å². The zero-order valence-electron chi connectivity index (χ0n) is 11.2. The quantitative estimate of drug-likeness (QED) is 0.916. The molecule has 0 radical (unpaired) electrons. The van der Waals surface area contributed by atoms with Crippen molar-refractivity contribution in [3.8, 4) is 5.75 Å². The maximum absolute atomic E-state index is 6.19. The van der Waals surface area contributed by atoms with Crippen LogP contribution in [-0.2, 0) is 0 Å². The Kier molecular flexibility index (Phi) is 3.74. The molecule has 1 aliphatic rings. The Labute approximate surface area is 114 Å². The monoisotopic (exact) mass is 268 g/mol. The van der Waals surface area contributed by atoms with Crippen LogP contribution >= 0.6 is 11.6 Å². The standard InChI is InChI=1S/C14H21ClN2O/c1-14(2)7-10(8-16)9-17(14)11-4-5-13(18-3)12(15)6-11/h4-6,10H,7-9,16H2,1-3H3. The molecule has 1 aromatic rings. The summed E-state index contributed by atoms with van der Waals surface area (Å²) in [6, 6.07) is 5.95. The Morgan fingerprint density at radius 3 is 2.72 bits per heavy atom. The summed E-state index contributed by atoms with van der Waals surface area (Å²) in [7, 11) is 1.63. The maximum Gasteiger partial charge on any atom is 0.137 e. The van der Waals surface area contributed by atoms with Gasteiger partial charge < -0.3 is 15.4 Å². The van der Waals surface area contributed by atoms with E-state index >= 15 is 0 Å². The van der Waals surface area contributed by atoms with E-state index in [9.17, 15) is 0 Å². The molecule has 0 spiro atoms. The number of hydrogen-bond donors (Lipinski definition) is 1. The molecule has 1 fully saturated rings. The van der Waals surface area contributed by atoms with Gasteiger partial charge >= 0.3 is 0 Å². The molecule has 1 aliphatic heterocycles. The molecule has 2 N–H and O–H groups in total. The number of ether oxygens (including phenoxy) is 1. The predicted molar refractivity (Wildman–Crippen MR) is 76.6 cm³/mol. The van der Waals surface area contributed by atoms with Crippen molar-refractivity contribution in [2.45, 2.75) is 25.8 Å². The lowest BCUT2D eigenvalue weighted by Gasteiger charge is -2.33. The van der Waals surface area contributed by atoms with Crippen LogP contribution in [0.4, 0.5) is 5.69 Å². The predicted octanol–water partition coefficient (Wildman–Crippen LogP) is 2.91. The Bertz CT molecular complexity index is 434. The molecule has 0 aromatic heterocycles. The zero-order chi connectivity index (χ0) is 13.3. The van der Waals surface area contributed by atoms with Crippen molar-refractivity contribution < 1.29 is 4.74 Å². The first kappa shape index (κ1) is 13.5. The zero-order valence-corrected chi connectivity index (χ0v) is 12.0. The molecule has 0 bridgehead atoms. The van der Waals surface area contributed by atoms with Gasteiger partial charge in [0.25, 0.3) is 0 Å². The lowest BCUT2D eigenvalue weighted by Crippen LogP contribution is -2.38. The van der Waals surface area contributed by atoms with Crippen LogP contribution in [0, 0.1) is 5.92 Å². The van der Waals surface area contributed by atoms with Crippen molar-refractivity contribution in [3.05, 3.63) is 23.2 Å². The van der Waals surface area contributed by atoms with Crippen LogP contribution in [0.25, 0.3) is 0 Å². The van der Waals surface area contributed by atoms with Crippen molar-refractivity contribution in [1.82, 2.24) is 0 Å². The summed E-state index contributed by atoms with van der Waals surface area (Å²) >= 11 is 6.19. The molecule has 0 saturated carbocycles. The van der Waals surface area contributed by atoms with E-state index in [-0.39, 0.29) is 5.54 Å². The van der Waals surface area contributed by atoms with Gasteiger partial charge in [-0.3, -0.25) is 0 Å².